The lowest BCUT2D eigenvalue weighted by molar-refractivity contribution is -0.132. The van der Waals surface area contributed by atoms with E-state index in [9.17, 15) is 14.7 Å². The standard InChI is InChI=1S/C28H27BrN2O4/c1-5-35-22-12-11-17(14-21(22)28(2,3)4)25(32)23-24(18-8-7-13-30-16-18)31(27(34)26(23)33)20-10-6-9-19(29)15-20/h6-16,24,32H,5H2,1-4H3/b25-23-. The van der Waals surface area contributed by atoms with Crippen molar-refractivity contribution in [3.63, 3.8) is 0 Å². The molecule has 1 unspecified atom stereocenters. The number of hydrogen-bond acceptors (Lipinski definition) is 5. The third-order valence-corrected chi connectivity index (χ3v) is 6.39. The van der Waals surface area contributed by atoms with Crippen molar-refractivity contribution in [2.24, 2.45) is 0 Å². The fourth-order valence-electron chi connectivity index (χ4n) is 4.28. The van der Waals surface area contributed by atoms with Crippen LogP contribution in [-0.4, -0.2) is 28.4 Å². The summed E-state index contributed by atoms with van der Waals surface area (Å²) in [5, 5.41) is 11.5. The second-order valence-corrected chi connectivity index (χ2v) is 10.2. The Morgan fingerprint density at radius 1 is 1.11 bits per heavy atom. The second-order valence-electron chi connectivity index (χ2n) is 9.33. The Balaban J connectivity index is 1.94. The molecular weight excluding hydrogens is 508 g/mol. The molecule has 1 aromatic heterocycles. The maximum atomic E-state index is 13.4. The van der Waals surface area contributed by atoms with Crippen molar-refractivity contribution in [2.75, 3.05) is 11.5 Å². The Kier molecular flexibility index (Phi) is 6.81. The number of aliphatic hydroxyl groups is 1. The number of halogens is 1. The molecule has 180 valence electrons. The van der Waals surface area contributed by atoms with Gasteiger partial charge in [0.2, 0.25) is 0 Å². The van der Waals surface area contributed by atoms with E-state index in [1.165, 1.54) is 4.90 Å². The van der Waals surface area contributed by atoms with E-state index in [-0.39, 0.29) is 16.7 Å². The van der Waals surface area contributed by atoms with Crippen LogP contribution in [0.3, 0.4) is 0 Å². The summed E-state index contributed by atoms with van der Waals surface area (Å²) in [5.41, 5.74) is 2.24. The molecule has 0 spiro atoms. The quantitative estimate of drug-likeness (QED) is 0.240. The average Bonchev–Trinajstić information content (AvgIpc) is 3.09. The number of ether oxygens (including phenoxy) is 1. The molecule has 35 heavy (non-hydrogen) atoms. The lowest BCUT2D eigenvalue weighted by Gasteiger charge is -2.26. The number of carbonyl (C=O) groups excluding carboxylic acids is 2. The molecule has 2 heterocycles. The number of aromatic nitrogens is 1. The zero-order chi connectivity index (χ0) is 25.3. The van der Waals surface area contributed by atoms with E-state index in [2.05, 4.69) is 41.7 Å². The van der Waals surface area contributed by atoms with Crippen molar-refractivity contribution in [1.29, 1.82) is 0 Å². The van der Waals surface area contributed by atoms with E-state index in [0.717, 1.165) is 15.8 Å². The molecule has 2 aromatic carbocycles. The Labute approximate surface area is 213 Å². The van der Waals surface area contributed by atoms with E-state index < -0.39 is 17.7 Å². The van der Waals surface area contributed by atoms with Crippen LogP contribution in [0.2, 0.25) is 0 Å². The highest BCUT2D eigenvalue weighted by Gasteiger charge is 2.47. The van der Waals surface area contributed by atoms with Crippen LogP contribution >= 0.6 is 15.9 Å². The molecule has 1 atom stereocenters. The minimum absolute atomic E-state index is 0.0204. The fraction of sp³-hybridized carbons (Fsp3) is 0.250. The van der Waals surface area contributed by atoms with Gasteiger partial charge in [0.1, 0.15) is 11.5 Å². The molecule has 1 N–H and O–H groups in total. The maximum Gasteiger partial charge on any atom is 0.300 e. The van der Waals surface area contributed by atoms with Gasteiger partial charge in [0, 0.05) is 33.7 Å². The maximum absolute atomic E-state index is 13.4. The number of Topliss-reactive ketones (excluding diaryl/α,β-unsaturated/α-hetero) is 1. The molecule has 6 nitrogen and oxygen atoms in total. The first kappa shape index (κ1) is 24.7. The molecule has 0 saturated carbocycles. The summed E-state index contributed by atoms with van der Waals surface area (Å²) in [5.74, 6) is -0.971. The van der Waals surface area contributed by atoms with Crippen LogP contribution in [0.5, 0.6) is 5.75 Å². The highest BCUT2D eigenvalue weighted by atomic mass is 79.9. The third kappa shape index (κ3) is 4.73. The van der Waals surface area contributed by atoms with Gasteiger partial charge in [-0.2, -0.15) is 0 Å². The van der Waals surface area contributed by atoms with E-state index in [0.29, 0.717) is 23.4 Å². The van der Waals surface area contributed by atoms with Crippen LogP contribution in [0.4, 0.5) is 5.69 Å². The number of rotatable bonds is 5. The molecule has 1 aliphatic heterocycles. The molecule has 0 radical (unpaired) electrons. The van der Waals surface area contributed by atoms with Gasteiger partial charge in [-0.05, 0) is 60.4 Å². The topological polar surface area (TPSA) is 79.7 Å². The lowest BCUT2D eigenvalue weighted by atomic mass is 9.84. The second kappa shape index (κ2) is 9.66. The Bertz CT molecular complexity index is 1310. The summed E-state index contributed by atoms with van der Waals surface area (Å²) in [6.45, 7) is 8.58. The third-order valence-electron chi connectivity index (χ3n) is 5.89. The normalized spacial score (nSPS) is 17.6. The largest absolute Gasteiger partial charge is 0.507 e. The zero-order valence-electron chi connectivity index (χ0n) is 20.1. The predicted molar refractivity (Wildman–Crippen MR) is 139 cm³/mol. The van der Waals surface area contributed by atoms with E-state index in [1.807, 2.05) is 19.1 Å². The molecule has 0 aliphatic carbocycles. The number of ketones is 1. The number of amides is 1. The van der Waals surface area contributed by atoms with E-state index in [1.54, 1.807) is 54.9 Å². The van der Waals surface area contributed by atoms with Gasteiger partial charge in [0.25, 0.3) is 11.7 Å². The van der Waals surface area contributed by atoms with Crippen molar-refractivity contribution < 1.29 is 19.4 Å². The van der Waals surface area contributed by atoms with Crippen LogP contribution in [0.25, 0.3) is 5.76 Å². The van der Waals surface area contributed by atoms with Gasteiger partial charge in [-0.25, -0.2) is 0 Å². The molecule has 1 saturated heterocycles. The van der Waals surface area contributed by atoms with Gasteiger partial charge >= 0.3 is 0 Å². The number of carbonyl (C=O) groups is 2. The van der Waals surface area contributed by atoms with E-state index >= 15 is 0 Å². The summed E-state index contributed by atoms with van der Waals surface area (Å²) in [6.07, 6.45) is 3.23. The minimum atomic E-state index is -0.831. The highest BCUT2D eigenvalue weighted by molar-refractivity contribution is 9.10. The van der Waals surface area contributed by atoms with Crippen molar-refractivity contribution in [1.82, 2.24) is 4.98 Å². The van der Waals surface area contributed by atoms with Crippen LogP contribution in [0, 0.1) is 0 Å². The number of anilines is 1. The van der Waals surface area contributed by atoms with Crippen molar-refractivity contribution in [3.05, 3.63) is 93.7 Å². The Morgan fingerprint density at radius 2 is 1.89 bits per heavy atom. The average molecular weight is 535 g/mol. The molecule has 0 bridgehead atoms. The zero-order valence-corrected chi connectivity index (χ0v) is 21.7. The van der Waals surface area contributed by atoms with Gasteiger partial charge in [-0.15, -0.1) is 0 Å². The molecule has 4 rings (SSSR count). The summed E-state index contributed by atoms with van der Waals surface area (Å²) in [6, 6.07) is 15.2. The first-order valence-corrected chi connectivity index (χ1v) is 12.2. The van der Waals surface area contributed by atoms with Gasteiger partial charge in [-0.3, -0.25) is 19.5 Å². The molecule has 3 aromatic rings. The lowest BCUT2D eigenvalue weighted by Crippen LogP contribution is -2.29. The number of hydrogen-bond donors (Lipinski definition) is 1. The molecule has 1 aliphatic rings. The summed E-state index contributed by atoms with van der Waals surface area (Å²) in [4.78, 5) is 32.2. The van der Waals surface area contributed by atoms with Crippen LogP contribution in [-0.2, 0) is 15.0 Å². The first-order chi connectivity index (χ1) is 16.6. The Morgan fingerprint density at radius 3 is 2.51 bits per heavy atom. The first-order valence-electron chi connectivity index (χ1n) is 11.4. The molecule has 1 amide bonds. The summed E-state index contributed by atoms with van der Waals surface area (Å²) < 4.78 is 6.57. The molecule has 1 fully saturated rings. The molecule has 7 heteroatoms. The summed E-state index contributed by atoms with van der Waals surface area (Å²) in [7, 11) is 0. The predicted octanol–water partition coefficient (Wildman–Crippen LogP) is 6.17. The van der Waals surface area contributed by atoms with Gasteiger partial charge in [0.15, 0.2) is 0 Å². The fourth-order valence-corrected chi connectivity index (χ4v) is 4.67. The number of aliphatic hydroxyl groups excluding tert-OH is 1. The van der Waals surface area contributed by atoms with Crippen molar-refractivity contribution in [3.8, 4) is 5.75 Å². The Hall–Kier alpha value is -3.45. The van der Waals surface area contributed by atoms with Crippen LogP contribution in [0.1, 0.15) is 50.4 Å². The molecular formula is C28H27BrN2O4. The number of benzene rings is 2. The van der Waals surface area contributed by atoms with Crippen LogP contribution in [0.15, 0.2) is 77.0 Å². The van der Waals surface area contributed by atoms with Crippen molar-refractivity contribution in [2.45, 2.75) is 39.2 Å². The number of pyridine rings is 1. The monoisotopic (exact) mass is 534 g/mol. The van der Waals surface area contributed by atoms with Gasteiger partial charge in [0.05, 0.1) is 18.2 Å². The highest BCUT2D eigenvalue weighted by Crippen LogP contribution is 2.43. The minimum Gasteiger partial charge on any atom is -0.507 e. The summed E-state index contributed by atoms with van der Waals surface area (Å²) >= 11 is 3.44. The smallest absolute Gasteiger partial charge is 0.300 e. The van der Waals surface area contributed by atoms with E-state index in [4.69, 9.17) is 4.74 Å². The number of nitrogens with zero attached hydrogens (tertiary/aromatic N) is 2. The SMILES string of the molecule is CCOc1ccc(/C(O)=C2/C(=O)C(=O)N(c3cccc(Br)c3)C2c2cccnc2)cc1C(C)(C)C. The van der Waals surface area contributed by atoms with Crippen molar-refractivity contribution >= 4 is 39.1 Å². The van der Waals surface area contributed by atoms with Gasteiger partial charge in [-0.1, -0.05) is 48.8 Å². The van der Waals surface area contributed by atoms with Gasteiger partial charge < -0.3 is 9.84 Å². The van der Waals surface area contributed by atoms with Crippen LogP contribution < -0.4 is 9.64 Å².